The number of hydrogen-bond acceptors (Lipinski definition) is 4. The van der Waals surface area contributed by atoms with Crippen LogP contribution in [-0.2, 0) is 18.4 Å². The fraction of sp³-hybridized carbons (Fsp3) is 0.333. The first-order valence-corrected chi connectivity index (χ1v) is 9.91. The number of hydrogen-bond donors (Lipinski definition) is 2. The summed E-state index contributed by atoms with van der Waals surface area (Å²) in [5, 5.41) is 14.0. The highest BCUT2D eigenvalue weighted by molar-refractivity contribution is 6.03. The van der Waals surface area contributed by atoms with E-state index in [1.54, 1.807) is 36.1 Å². The molecule has 156 valence electrons. The number of rotatable bonds is 6. The van der Waals surface area contributed by atoms with Crippen molar-refractivity contribution in [3.05, 3.63) is 59.8 Å². The number of nitrogens with one attached hydrogen (secondary N) is 2. The van der Waals surface area contributed by atoms with Crippen LogP contribution in [0.5, 0.6) is 0 Å². The van der Waals surface area contributed by atoms with Crippen molar-refractivity contribution in [2.75, 3.05) is 10.6 Å². The Morgan fingerprint density at radius 1 is 1.17 bits per heavy atom. The Morgan fingerprint density at radius 2 is 1.90 bits per heavy atom. The Kier molecular flexibility index (Phi) is 5.60. The standard InChI is InChI=1S/C21H23FN6O2/c1-27-19(25-20(29)15-4-2-3-5-15)10-18(26-27)21(30)24-17-11-23-28(13-17)12-14-6-8-16(22)9-7-14/h6-11,13,15H,2-5,12H2,1H3,(H,24,30)(H,25,29). The lowest BCUT2D eigenvalue weighted by Gasteiger charge is -2.09. The van der Waals surface area contributed by atoms with Crippen molar-refractivity contribution in [1.82, 2.24) is 19.6 Å². The molecule has 0 bridgehead atoms. The van der Waals surface area contributed by atoms with Gasteiger partial charge in [-0.05, 0) is 30.5 Å². The lowest BCUT2D eigenvalue weighted by Crippen LogP contribution is -2.21. The second-order valence-electron chi connectivity index (χ2n) is 7.52. The van der Waals surface area contributed by atoms with E-state index in [2.05, 4.69) is 20.8 Å². The van der Waals surface area contributed by atoms with Gasteiger partial charge in [0.05, 0.1) is 18.4 Å². The molecule has 0 unspecified atom stereocenters. The second kappa shape index (κ2) is 8.48. The van der Waals surface area contributed by atoms with Crippen molar-refractivity contribution in [2.45, 2.75) is 32.2 Å². The van der Waals surface area contributed by atoms with Gasteiger partial charge in [-0.2, -0.15) is 10.2 Å². The Bertz CT molecular complexity index is 1050. The van der Waals surface area contributed by atoms with Crippen LogP contribution in [0.1, 0.15) is 41.7 Å². The maximum atomic E-state index is 13.0. The molecule has 2 amide bonds. The van der Waals surface area contributed by atoms with Crippen LogP contribution >= 0.6 is 0 Å². The Hall–Kier alpha value is -3.49. The van der Waals surface area contributed by atoms with Crippen molar-refractivity contribution in [2.24, 2.45) is 13.0 Å². The fourth-order valence-electron chi connectivity index (χ4n) is 3.60. The summed E-state index contributed by atoms with van der Waals surface area (Å²) in [6, 6.07) is 7.72. The summed E-state index contributed by atoms with van der Waals surface area (Å²) in [5.41, 5.74) is 1.61. The largest absolute Gasteiger partial charge is 0.318 e. The third-order valence-corrected chi connectivity index (χ3v) is 5.24. The maximum Gasteiger partial charge on any atom is 0.276 e. The molecule has 4 rings (SSSR count). The minimum atomic E-state index is -0.395. The Balaban J connectivity index is 1.37. The van der Waals surface area contributed by atoms with E-state index < -0.39 is 5.91 Å². The summed E-state index contributed by atoms with van der Waals surface area (Å²) in [6.45, 7) is 0.455. The summed E-state index contributed by atoms with van der Waals surface area (Å²) < 4.78 is 16.1. The summed E-state index contributed by atoms with van der Waals surface area (Å²) in [6.07, 6.45) is 7.18. The average Bonchev–Trinajstić information content (AvgIpc) is 3.46. The van der Waals surface area contributed by atoms with Crippen molar-refractivity contribution >= 4 is 23.3 Å². The van der Waals surface area contributed by atoms with Crippen LogP contribution in [0.3, 0.4) is 0 Å². The molecule has 2 aromatic heterocycles. The molecule has 0 atom stereocenters. The van der Waals surface area contributed by atoms with Gasteiger partial charge in [-0.3, -0.25) is 19.0 Å². The van der Waals surface area contributed by atoms with Gasteiger partial charge in [-0.15, -0.1) is 0 Å². The first kappa shape index (κ1) is 19.8. The first-order valence-electron chi connectivity index (χ1n) is 9.91. The monoisotopic (exact) mass is 410 g/mol. The molecule has 1 aliphatic carbocycles. The average molecular weight is 410 g/mol. The van der Waals surface area contributed by atoms with Crippen LogP contribution in [-0.4, -0.2) is 31.4 Å². The topological polar surface area (TPSA) is 93.8 Å². The number of carbonyl (C=O) groups excluding carboxylic acids is 2. The number of anilines is 2. The van der Waals surface area contributed by atoms with Crippen molar-refractivity contribution in [1.29, 1.82) is 0 Å². The number of aromatic nitrogens is 4. The van der Waals surface area contributed by atoms with Gasteiger partial charge < -0.3 is 10.6 Å². The van der Waals surface area contributed by atoms with Gasteiger partial charge in [0.15, 0.2) is 5.69 Å². The molecule has 3 aromatic rings. The van der Waals surface area contributed by atoms with E-state index in [1.165, 1.54) is 23.0 Å². The van der Waals surface area contributed by atoms with Gasteiger partial charge >= 0.3 is 0 Å². The molecule has 0 radical (unpaired) electrons. The maximum absolute atomic E-state index is 13.0. The highest BCUT2D eigenvalue weighted by Gasteiger charge is 2.24. The van der Waals surface area contributed by atoms with E-state index in [4.69, 9.17) is 0 Å². The molecular formula is C21H23FN6O2. The van der Waals surface area contributed by atoms with Crippen molar-refractivity contribution in [3.63, 3.8) is 0 Å². The number of benzene rings is 1. The predicted octanol–water partition coefficient (Wildman–Crippen LogP) is 3.19. The van der Waals surface area contributed by atoms with E-state index in [0.29, 0.717) is 18.1 Å². The van der Waals surface area contributed by atoms with Gasteiger partial charge in [-0.25, -0.2) is 4.39 Å². The molecule has 0 aliphatic heterocycles. The van der Waals surface area contributed by atoms with Crippen LogP contribution in [0.25, 0.3) is 0 Å². The molecular weight excluding hydrogens is 387 g/mol. The number of amides is 2. The molecule has 0 spiro atoms. The van der Waals surface area contributed by atoms with E-state index in [-0.39, 0.29) is 23.3 Å². The fourth-order valence-corrected chi connectivity index (χ4v) is 3.60. The molecule has 1 aliphatic rings. The molecule has 30 heavy (non-hydrogen) atoms. The minimum absolute atomic E-state index is 0.0236. The molecule has 1 aromatic carbocycles. The first-order chi connectivity index (χ1) is 14.5. The summed E-state index contributed by atoms with van der Waals surface area (Å²) >= 11 is 0. The van der Waals surface area contributed by atoms with Crippen molar-refractivity contribution < 1.29 is 14.0 Å². The Labute approximate surface area is 173 Å². The van der Waals surface area contributed by atoms with Crippen LogP contribution in [0.15, 0.2) is 42.7 Å². The highest BCUT2D eigenvalue weighted by Crippen LogP contribution is 2.26. The predicted molar refractivity (Wildman–Crippen MR) is 109 cm³/mol. The van der Waals surface area contributed by atoms with E-state index in [0.717, 1.165) is 31.2 Å². The molecule has 0 saturated heterocycles. The summed E-state index contributed by atoms with van der Waals surface area (Å²) in [4.78, 5) is 24.9. The lowest BCUT2D eigenvalue weighted by molar-refractivity contribution is -0.119. The highest BCUT2D eigenvalue weighted by atomic mass is 19.1. The number of carbonyl (C=O) groups is 2. The van der Waals surface area contributed by atoms with E-state index in [9.17, 15) is 14.0 Å². The second-order valence-corrected chi connectivity index (χ2v) is 7.52. The molecule has 1 fully saturated rings. The summed E-state index contributed by atoms with van der Waals surface area (Å²) in [7, 11) is 1.68. The molecule has 9 heteroatoms. The molecule has 8 nitrogen and oxygen atoms in total. The molecule has 2 heterocycles. The van der Waals surface area contributed by atoms with Gasteiger partial charge in [0.25, 0.3) is 5.91 Å². The van der Waals surface area contributed by atoms with Gasteiger partial charge in [0, 0.05) is 25.2 Å². The van der Waals surface area contributed by atoms with Crippen LogP contribution in [0, 0.1) is 11.7 Å². The normalized spacial score (nSPS) is 14.1. The van der Waals surface area contributed by atoms with Gasteiger partial charge in [0.1, 0.15) is 11.6 Å². The number of nitrogens with zero attached hydrogens (tertiary/aromatic N) is 4. The zero-order chi connectivity index (χ0) is 21.1. The SMILES string of the molecule is Cn1nc(C(=O)Nc2cnn(Cc3ccc(F)cc3)c2)cc1NC(=O)C1CCCC1. The Morgan fingerprint density at radius 3 is 2.63 bits per heavy atom. The quantitative estimate of drug-likeness (QED) is 0.653. The van der Waals surface area contributed by atoms with Crippen LogP contribution in [0.4, 0.5) is 15.9 Å². The third-order valence-electron chi connectivity index (χ3n) is 5.24. The molecule has 1 saturated carbocycles. The van der Waals surface area contributed by atoms with Gasteiger partial charge in [0.2, 0.25) is 5.91 Å². The summed E-state index contributed by atoms with van der Waals surface area (Å²) in [5.74, 6) is -0.188. The number of aryl methyl sites for hydroxylation is 1. The van der Waals surface area contributed by atoms with Crippen LogP contribution < -0.4 is 10.6 Å². The zero-order valence-electron chi connectivity index (χ0n) is 16.6. The number of halogens is 1. The smallest absolute Gasteiger partial charge is 0.276 e. The minimum Gasteiger partial charge on any atom is -0.318 e. The zero-order valence-corrected chi connectivity index (χ0v) is 16.6. The van der Waals surface area contributed by atoms with Crippen LogP contribution in [0.2, 0.25) is 0 Å². The third kappa shape index (κ3) is 4.56. The molecule has 2 N–H and O–H groups in total. The van der Waals surface area contributed by atoms with Crippen molar-refractivity contribution in [3.8, 4) is 0 Å². The lowest BCUT2D eigenvalue weighted by atomic mass is 10.1. The van der Waals surface area contributed by atoms with E-state index >= 15 is 0 Å². The van der Waals surface area contributed by atoms with Gasteiger partial charge in [-0.1, -0.05) is 25.0 Å². The van der Waals surface area contributed by atoms with E-state index in [1.807, 2.05) is 0 Å².